The van der Waals surface area contributed by atoms with Gasteiger partial charge in [-0.25, -0.2) is 4.68 Å². The van der Waals surface area contributed by atoms with Crippen molar-refractivity contribution < 1.29 is 0 Å². The average molecular weight is 314 g/mol. The molecule has 0 bridgehead atoms. The molecule has 0 saturated carbocycles. The number of aromatic nitrogens is 2. The highest BCUT2D eigenvalue weighted by Gasteiger charge is 2.10. The lowest BCUT2D eigenvalue weighted by atomic mass is 10.2. The van der Waals surface area contributed by atoms with E-state index in [2.05, 4.69) is 40.1 Å². The maximum atomic E-state index is 5.94. The first kappa shape index (κ1) is 12.7. The number of halogens is 2. The summed E-state index contributed by atoms with van der Waals surface area (Å²) >= 11 is 9.42. The van der Waals surface area contributed by atoms with Gasteiger partial charge < -0.3 is 0 Å². The minimum absolute atomic E-state index is 0.517. The lowest BCUT2D eigenvalue weighted by Gasteiger charge is -2.08. The fourth-order valence-electron chi connectivity index (χ4n) is 1.85. The molecule has 0 atom stereocenters. The molecule has 90 valence electrons. The van der Waals surface area contributed by atoms with E-state index in [4.69, 9.17) is 11.6 Å². The highest BCUT2D eigenvalue weighted by Crippen LogP contribution is 2.20. The molecule has 2 nitrogen and oxygen atoms in total. The van der Waals surface area contributed by atoms with E-state index in [1.165, 1.54) is 5.69 Å². The molecule has 1 aromatic carbocycles. The number of hydrogen-bond donors (Lipinski definition) is 0. The SMILES string of the molecule is CCCc1c(CCl)cnn1-c1cccc(Br)c1. The van der Waals surface area contributed by atoms with Crippen molar-refractivity contribution in [3.63, 3.8) is 0 Å². The average Bonchev–Trinajstić information content (AvgIpc) is 2.72. The molecule has 1 heterocycles. The summed E-state index contributed by atoms with van der Waals surface area (Å²) < 4.78 is 3.03. The Morgan fingerprint density at radius 3 is 2.88 bits per heavy atom. The van der Waals surface area contributed by atoms with E-state index in [1.807, 2.05) is 23.0 Å². The summed E-state index contributed by atoms with van der Waals surface area (Å²) in [6, 6.07) is 8.13. The van der Waals surface area contributed by atoms with Crippen LogP contribution >= 0.6 is 27.5 Å². The van der Waals surface area contributed by atoms with Crippen LogP contribution < -0.4 is 0 Å². The summed E-state index contributed by atoms with van der Waals surface area (Å²) in [5.74, 6) is 0.517. The first-order valence-electron chi connectivity index (χ1n) is 5.64. The summed E-state index contributed by atoms with van der Waals surface area (Å²) in [5.41, 5.74) is 3.40. The normalized spacial score (nSPS) is 10.8. The van der Waals surface area contributed by atoms with Crippen LogP contribution in [0.2, 0.25) is 0 Å². The number of hydrogen-bond acceptors (Lipinski definition) is 1. The molecule has 17 heavy (non-hydrogen) atoms. The van der Waals surface area contributed by atoms with Gasteiger partial charge in [0.05, 0.1) is 17.8 Å². The van der Waals surface area contributed by atoms with Crippen LogP contribution in [0.15, 0.2) is 34.9 Å². The monoisotopic (exact) mass is 312 g/mol. The Bertz CT molecular complexity index is 508. The fourth-order valence-corrected chi connectivity index (χ4v) is 2.46. The highest BCUT2D eigenvalue weighted by molar-refractivity contribution is 9.10. The summed E-state index contributed by atoms with van der Waals surface area (Å²) in [4.78, 5) is 0. The van der Waals surface area contributed by atoms with Gasteiger partial charge in [0.25, 0.3) is 0 Å². The van der Waals surface area contributed by atoms with E-state index in [1.54, 1.807) is 0 Å². The third-order valence-electron chi connectivity index (χ3n) is 2.64. The Morgan fingerprint density at radius 1 is 1.41 bits per heavy atom. The van der Waals surface area contributed by atoms with Crippen molar-refractivity contribution in [3.8, 4) is 5.69 Å². The van der Waals surface area contributed by atoms with Crippen molar-refractivity contribution in [2.24, 2.45) is 0 Å². The molecule has 0 aliphatic carbocycles. The summed E-state index contributed by atoms with van der Waals surface area (Å²) in [7, 11) is 0. The van der Waals surface area contributed by atoms with Gasteiger partial charge in [-0.15, -0.1) is 11.6 Å². The van der Waals surface area contributed by atoms with E-state index in [9.17, 15) is 0 Å². The quantitative estimate of drug-likeness (QED) is 0.768. The topological polar surface area (TPSA) is 17.8 Å². The Kier molecular flexibility index (Phi) is 4.24. The molecule has 0 aliphatic heterocycles. The van der Waals surface area contributed by atoms with Crippen LogP contribution in [-0.4, -0.2) is 9.78 Å². The number of benzene rings is 1. The summed E-state index contributed by atoms with van der Waals surface area (Å²) in [6.45, 7) is 2.16. The van der Waals surface area contributed by atoms with Gasteiger partial charge in [0.1, 0.15) is 0 Å². The van der Waals surface area contributed by atoms with Gasteiger partial charge in [-0.2, -0.15) is 5.10 Å². The molecule has 0 radical (unpaired) electrons. The van der Waals surface area contributed by atoms with Crippen molar-refractivity contribution in [3.05, 3.63) is 46.2 Å². The first-order valence-corrected chi connectivity index (χ1v) is 6.96. The fraction of sp³-hybridized carbons (Fsp3) is 0.308. The summed E-state index contributed by atoms with van der Waals surface area (Å²) in [5, 5.41) is 4.43. The van der Waals surface area contributed by atoms with E-state index >= 15 is 0 Å². The zero-order chi connectivity index (χ0) is 12.3. The molecule has 2 rings (SSSR count). The highest BCUT2D eigenvalue weighted by atomic mass is 79.9. The van der Waals surface area contributed by atoms with Gasteiger partial charge in [0.2, 0.25) is 0 Å². The number of alkyl halides is 1. The zero-order valence-electron chi connectivity index (χ0n) is 9.66. The van der Waals surface area contributed by atoms with Crippen LogP contribution in [0.3, 0.4) is 0 Å². The number of rotatable bonds is 4. The van der Waals surface area contributed by atoms with E-state index in [0.29, 0.717) is 5.88 Å². The molecule has 0 N–H and O–H groups in total. The van der Waals surface area contributed by atoms with Crippen molar-refractivity contribution in [1.29, 1.82) is 0 Å². The smallest absolute Gasteiger partial charge is 0.0660 e. The second kappa shape index (κ2) is 5.69. The third kappa shape index (κ3) is 2.72. The van der Waals surface area contributed by atoms with Crippen molar-refractivity contribution in [1.82, 2.24) is 9.78 Å². The number of nitrogens with zero attached hydrogens (tertiary/aromatic N) is 2. The zero-order valence-corrected chi connectivity index (χ0v) is 12.0. The standard InChI is InChI=1S/C13H14BrClN2/c1-2-4-13-10(8-15)9-16-17(13)12-6-3-5-11(14)7-12/h3,5-7,9H,2,4,8H2,1H3. The predicted octanol–water partition coefficient (Wildman–Crippen LogP) is 4.33. The maximum absolute atomic E-state index is 5.94. The van der Waals surface area contributed by atoms with Crippen LogP contribution in [0.5, 0.6) is 0 Å². The van der Waals surface area contributed by atoms with Gasteiger partial charge in [0.15, 0.2) is 0 Å². The second-order valence-electron chi connectivity index (χ2n) is 3.89. The molecular weight excluding hydrogens is 300 g/mol. The minimum atomic E-state index is 0.517. The molecule has 0 saturated heterocycles. The molecule has 0 aliphatic rings. The van der Waals surface area contributed by atoms with Crippen LogP contribution in [-0.2, 0) is 12.3 Å². The lowest BCUT2D eigenvalue weighted by Crippen LogP contribution is -2.03. The van der Waals surface area contributed by atoms with Gasteiger partial charge in [-0.1, -0.05) is 35.3 Å². The van der Waals surface area contributed by atoms with Crippen LogP contribution in [0, 0.1) is 0 Å². The third-order valence-corrected chi connectivity index (χ3v) is 3.42. The lowest BCUT2D eigenvalue weighted by molar-refractivity contribution is 0.771. The molecule has 0 spiro atoms. The molecule has 0 unspecified atom stereocenters. The van der Waals surface area contributed by atoms with Crippen molar-refractivity contribution in [2.75, 3.05) is 0 Å². The largest absolute Gasteiger partial charge is 0.237 e. The Hall–Kier alpha value is -0.800. The predicted molar refractivity (Wildman–Crippen MR) is 74.8 cm³/mol. The van der Waals surface area contributed by atoms with Crippen molar-refractivity contribution in [2.45, 2.75) is 25.6 Å². The van der Waals surface area contributed by atoms with Crippen LogP contribution in [0.1, 0.15) is 24.6 Å². The molecule has 0 fully saturated rings. The molecular formula is C13H14BrClN2. The van der Waals surface area contributed by atoms with Crippen molar-refractivity contribution >= 4 is 27.5 Å². The minimum Gasteiger partial charge on any atom is -0.237 e. The Labute approximate surface area is 115 Å². The van der Waals surface area contributed by atoms with Gasteiger partial charge in [0, 0.05) is 15.7 Å². The van der Waals surface area contributed by atoms with Gasteiger partial charge >= 0.3 is 0 Å². The van der Waals surface area contributed by atoms with Crippen LogP contribution in [0.4, 0.5) is 0 Å². The molecule has 4 heteroatoms. The van der Waals surface area contributed by atoms with E-state index in [-0.39, 0.29) is 0 Å². The Balaban J connectivity index is 2.47. The first-order chi connectivity index (χ1) is 8.26. The van der Waals surface area contributed by atoms with E-state index in [0.717, 1.165) is 28.6 Å². The maximum Gasteiger partial charge on any atom is 0.0660 e. The van der Waals surface area contributed by atoms with Crippen LogP contribution in [0.25, 0.3) is 5.69 Å². The van der Waals surface area contributed by atoms with Gasteiger partial charge in [-0.3, -0.25) is 0 Å². The molecule has 2 aromatic rings. The van der Waals surface area contributed by atoms with Gasteiger partial charge in [-0.05, 0) is 24.6 Å². The Morgan fingerprint density at radius 2 is 2.24 bits per heavy atom. The second-order valence-corrected chi connectivity index (χ2v) is 5.07. The molecule has 1 aromatic heterocycles. The molecule has 0 amide bonds. The summed E-state index contributed by atoms with van der Waals surface area (Å²) in [6.07, 6.45) is 3.94. The van der Waals surface area contributed by atoms with E-state index < -0.39 is 0 Å².